The summed E-state index contributed by atoms with van der Waals surface area (Å²) in [7, 11) is 2.76. The van der Waals surface area contributed by atoms with Crippen molar-refractivity contribution >= 4 is 17.6 Å². The van der Waals surface area contributed by atoms with Crippen molar-refractivity contribution < 1.29 is 14.3 Å². The number of esters is 1. The molecule has 0 saturated carbocycles. The summed E-state index contributed by atoms with van der Waals surface area (Å²) < 4.78 is 5.99. The highest BCUT2D eigenvalue weighted by Gasteiger charge is 2.17. The molecule has 0 aliphatic carbocycles. The number of anilines is 1. The molecule has 0 atom stereocenters. The maximum atomic E-state index is 11.7. The molecule has 0 aliphatic rings. The van der Waals surface area contributed by atoms with Gasteiger partial charge in [0.15, 0.2) is 11.5 Å². The topological polar surface area (TPSA) is 112 Å². The van der Waals surface area contributed by atoms with Gasteiger partial charge < -0.3 is 15.8 Å². The van der Waals surface area contributed by atoms with Crippen LogP contribution in [0.1, 0.15) is 20.8 Å². The molecule has 1 amide bonds. The summed E-state index contributed by atoms with van der Waals surface area (Å²) in [5.41, 5.74) is 6.31. The second kappa shape index (κ2) is 5.39. The molecular formula is C12H13N5O3. The number of amides is 1. The van der Waals surface area contributed by atoms with E-state index in [-0.39, 0.29) is 23.0 Å². The van der Waals surface area contributed by atoms with Crippen molar-refractivity contribution in [2.75, 3.05) is 19.9 Å². The maximum absolute atomic E-state index is 11.7. The first kappa shape index (κ1) is 13.5. The van der Waals surface area contributed by atoms with Crippen LogP contribution in [0.5, 0.6) is 0 Å². The van der Waals surface area contributed by atoms with E-state index in [9.17, 15) is 9.59 Å². The van der Waals surface area contributed by atoms with Crippen molar-refractivity contribution in [1.82, 2.24) is 20.1 Å². The number of nitrogens with two attached hydrogens (primary N) is 1. The Labute approximate surface area is 114 Å². The molecule has 0 spiro atoms. The number of ether oxygens (including phenoxy) is 1. The van der Waals surface area contributed by atoms with E-state index in [1.54, 1.807) is 0 Å². The van der Waals surface area contributed by atoms with Gasteiger partial charge in [0, 0.05) is 13.2 Å². The molecule has 2 aromatic heterocycles. The van der Waals surface area contributed by atoms with Gasteiger partial charge in [0.05, 0.1) is 19.0 Å². The van der Waals surface area contributed by atoms with Crippen LogP contribution in [-0.4, -0.2) is 40.8 Å². The average Bonchev–Trinajstić information content (AvgIpc) is 2.95. The zero-order valence-electron chi connectivity index (χ0n) is 11.0. The molecule has 8 nitrogen and oxygen atoms in total. The highest BCUT2D eigenvalue weighted by atomic mass is 16.5. The molecule has 20 heavy (non-hydrogen) atoms. The smallest absolute Gasteiger partial charge is 0.341 e. The van der Waals surface area contributed by atoms with Crippen LogP contribution in [0.4, 0.5) is 5.69 Å². The van der Waals surface area contributed by atoms with Gasteiger partial charge in [-0.25, -0.2) is 14.5 Å². The normalized spacial score (nSPS) is 10.1. The van der Waals surface area contributed by atoms with Crippen molar-refractivity contribution in [3.8, 4) is 5.82 Å². The monoisotopic (exact) mass is 275 g/mol. The number of nitrogen functional groups attached to an aromatic ring is 1. The van der Waals surface area contributed by atoms with Gasteiger partial charge in [-0.15, -0.1) is 0 Å². The van der Waals surface area contributed by atoms with E-state index in [0.29, 0.717) is 5.69 Å². The van der Waals surface area contributed by atoms with Gasteiger partial charge in [0.2, 0.25) is 0 Å². The predicted octanol–water partition coefficient (Wildman–Crippen LogP) is -0.00430. The zero-order valence-corrected chi connectivity index (χ0v) is 11.0. The summed E-state index contributed by atoms with van der Waals surface area (Å²) in [5.74, 6) is -0.684. The Hall–Kier alpha value is -2.90. The second-order valence-corrected chi connectivity index (χ2v) is 3.86. The van der Waals surface area contributed by atoms with E-state index in [1.165, 1.54) is 43.4 Å². The minimum Gasteiger partial charge on any atom is -0.465 e. The SMILES string of the molecule is CNC(=O)c1ccn(-c2ncc(N)cc2C(=O)OC)n1. The zero-order chi connectivity index (χ0) is 14.7. The highest BCUT2D eigenvalue weighted by Crippen LogP contribution is 2.16. The van der Waals surface area contributed by atoms with E-state index >= 15 is 0 Å². The maximum Gasteiger partial charge on any atom is 0.341 e. The first-order valence-corrected chi connectivity index (χ1v) is 5.68. The number of hydrogen-bond donors (Lipinski definition) is 2. The summed E-state index contributed by atoms with van der Waals surface area (Å²) in [6, 6.07) is 2.95. The number of aromatic nitrogens is 3. The average molecular weight is 275 g/mol. The second-order valence-electron chi connectivity index (χ2n) is 3.86. The number of nitrogens with zero attached hydrogens (tertiary/aromatic N) is 3. The number of hydrogen-bond acceptors (Lipinski definition) is 6. The molecule has 0 aliphatic heterocycles. The van der Waals surface area contributed by atoms with Crippen LogP contribution < -0.4 is 11.1 Å². The summed E-state index contributed by atoms with van der Waals surface area (Å²) in [6.07, 6.45) is 2.92. The highest BCUT2D eigenvalue weighted by molar-refractivity contribution is 5.94. The Kier molecular flexibility index (Phi) is 3.65. The van der Waals surface area contributed by atoms with Crippen molar-refractivity contribution in [3.63, 3.8) is 0 Å². The lowest BCUT2D eigenvalue weighted by molar-refractivity contribution is 0.0600. The molecule has 0 saturated heterocycles. The van der Waals surface area contributed by atoms with Gasteiger partial charge in [0.25, 0.3) is 5.91 Å². The fourth-order valence-electron chi connectivity index (χ4n) is 1.61. The number of carbonyl (C=O) groups excluding carboxylic acids is 2. The lowest BCUT2D eigenvalue weighted by Crippen LogP contribution is -2.19. The third-order valence-corrected chi connectivity index (χ3v) is 2.56. The third-order valence-electron chi connectivity index (χ3n) is 2.56. The van der Waals surface area contributed by atoms with Gasteiger partial charge in [0.1, 0.15) is 5.56 Å². The van der Waals surface area contributed by atoms with Gasteiger partial charge in [-0.1, -0.05) is 0 Å². The Bertz CT molecular complexity index is 665. The van der Waals surface area contributed by atoms with Gasteiger partial charge in [-0.05, 0) is 12.1 Å². The predicted molar refractivity (Wildman–Crippen MR) is 70.5 cm³/mol. The van der Waals surface area contributed by atoms with Crippen molar-refractivity contribution in [3.05, 3.63) is 35.8 Å². The molecular weight excluding hydrogens is 262 g/mol. The summed E-state index contributed by atoms with van der Waals surface area (Å²) >= 11 is 0. The molecule has 0 fully saturated rings. The van der Waals surface area contributed by atoms with Gasteiger partial charge in [-0.2, -0.15) is 5.10 Å². The Morgan fingerprint density at radius 3 is 2.85 bits per heavy atom. The number of nitrogens with one attached hydrogen (secondary N) is 1. The van der Waals surface area contributed by atoms with E-state index in [4.69, 9.17) is 5.73 Å². The molecule has 0 bridgehead atoms. The standard InChI is InChI=1S/C12H13N5O3/c1-14-11(18)9-3-4-17(16-9)10-8(12(19)20-2)5-7(13)6-15-10/h3-6H,13H2,1-2H3,(H,14,18). The van der Waals surface area contributed by atoms with E-state index in [0.717, 1.165) is 0 Å². The molecule has 104 valence electrons. The number of methoxy groups -OCH3 is 1. The van der Waals surface area contributed by atoms with Crippen LogP contribution in [0.15, 0.2) is 24.5 Å². The van der Waals surface area contributed by atoms with Crippen LogP contribution in [0, 0.1) is 0 Å². The molecule has 2 rings (SSSR count). The van der Waals surface area contributed by atoms with E-state index in [2.05, 4.69) is 20.1 Å². The molecule has 0 radical (unpaired) electrons. The van der Waals surface area contributed by atoms with Crippen molar-refractivity contribution in [2.45, 2.75) is 0 Å². The first-order chi connectivity index (χ1) is 9.56. The van der Waals surface area contributed by atoms with Crippen LogP contribution >= 0.6 is 0 Å². The quantitative estimate of drug-likeness (QED) is 0.762. The molecule has 2 heterocycles. The van der Waals surface area contributed by atoms with Crippen LogP contribution in [-0.2, 0) is 4.74 Å². The Balaban J connectivity index is 2.49. The van der Waals surface area contributed by atoms with Gasteiger partial charge >= 0.3 is 5.97 Å². The first-order valence-electron chi connectivity index (χ1n) is 5.68. The summed E-state index contributed by atoms with van der Waals surface area (Å²) in [4.78, 5) is 27.2. The number of carbonyl (C=O) groups is 2. The molecule has 2 aromatic rings. The molecule has 0 unspecified atom stereocenters. The molecule has 3 N–H and O–H groups in total. The fourth-order valence-corrected chi connectivity index (χ4v) is 1.61. The Morgan fingerprint density at radius 1 is 1.45 bits per heavy atom. The fraction of sp³-hybridized carbons (Fsp3) is 0.167. The summed E-state index contributed by atoms with van der Waals surface area (Å²) in [6.45, 7) is 0. The molecule has 8 heteroatoms. The van der Waals surface area contributed by atoms with Crippen LogP contribution in [0.3, 0.4) is 0 Å². The van der Waals surface area contributed by atoms with Crippen molar-refractivity contribution in [2.24, 2.45) is 0 Å². The minimum absolute atomic E-state index is 0.166. The third kappa shape index (κ3) is 2.44. The molecule has 0 aromatic carbocycles. The van der Waals surface area contributed by atoms with E-state index < -0.39 is 5.97 Å². The number of rotatable bonds is 3. The van der Waals surface area contributed by atoms with Crippen LogP contribution in [0.2, 0.25) is 0 Å². The minimum atomic E-state index is -0.586. The Morgan fingerprint density at radius 2 is 2.20 bits per heavy atom. The van der Waals surface area contributed by atoms with Gasteiger partial charge in [-0.3, -0.25) is 4.79 Å². The largest absolute Gasteiger partial charge is 0.465 e. The lowest BCUT2D eigenvalue weighted by atomic mass is 10.2. The van der Waals surface area contributed by atoms with E-state index in [1.807, 2.05) is 0 Å². The van der Waals surface area contributed by atoms with Crippen LogP contribution in [0.25, 0.3) is 5.82 Å². The van der Waals surface area contributed by atoms with Crippen molar-refractivity contribution in [1.29, 1.82) is 0 Å². The summed E-state index contributed by atoms with van der Waals surface area (Å²) in [5, 5.41) is 6.51. The lowest BCUT2D eigenvalue weighted by Gasteiger charge is -2.07. The number of pyridine rings is 1.